The van der Waals surface area contributed by atoms with Gasteiger partial charge in [0.1, 0.15) is 0 Å². The minimum Gasteiger partial charge on any atom is -0.574 e. The number of nitrogens with two attached hydrogens (primary N) is 1. The van der Waals surface area contributed by atoms with Crippen molar-refractivity contribution in [3.05, 3.63) is 36.4 Å². The smallest absolute Gasteiger partial charge is 0.231 e. The third-order valence-electron chi connectivity index (χ3n) is 3.18. The number of ether oxygens (including phenoxy) is 2. The summed E-state index contributed by atoms with van der Waals surface area (Å²) < 4.78 is 10.7. The van der Waals surface area contributed by atoms with Crippen LogP contribution in [0.2, 0.25) is 0 Å². The van der Waals surface area contributed by atoms with E-state index in [0.717, 1.165) is 33.7 Å². The summed E-state index contributed by atoms with van der Waals surface area (Å²) in [7, 11) is 0. The van der Waals surface area contributed by atoms with E-state index in [1.807, 2.05) is 36.4 Å². The molecule has 20 heavy (non-hydrogen) atoms. The van der Waals surface area contributed by atoms with Crippen molar-refractivity contribution in [3.8, 4) is 22.8 Å². The van der Waals surface area contributed by atoms with E-state index in [1.165, 1.54) is 0 Å². The van der Waals surface area contributed by atoms with Crippen LogP contribution in [0.4, 0.5) is 5.69 Å². The van der Waals surface area contributed by atoms with E-state index in [9.17, 15) is 0 Å². The minimum absolute atomic E-state index is 0. The Morgan fingerprint density at radius 2 is 1.90 bits per heavy atom. The van der Waals surface area contributed by atoms with Crippen LogP contribution < -0.4 is 20.3 Å². The molecule has 0 spiro atoms. The molecule has 2 aromatic carbocycles. The zero-order chi connectivity index (χ0) is 12.8. The molecule has 1 aliphatic heterocycles. The summed E-state index contributed by atoms with van der Waals surface area (Å²) in [4.78, 5) is 0. The normalized spacial score (nSPS) is 12.4. The number of nitrogen functional groups attached to an aromatic ring is 1. The third-order valence-corrected chi connectivity index (χ3v) is 3.18. The second-order valence-electron chi connectivity index (χ2n) is 4.39. The first-order valence-electron chi connectivity index (χ1n) is 5.90. The molecule has 0 bridgehead atoms. The van der Waals surface area contributed by atoms with Gasteiger partial charge in [-0.2, -0.15) is 0 Å². The number of benzene rings is 2. The van der Waals surface area contributed by atoms with Crippen LogP contribution in [0.3, 0.4) is 0 Å². The van der Waals surface area contributed by atoms with Gasteiger partial charge in [-0.25, -0.2) is 0 Å². The first-order chi connectivity index (χ1) is 9.31. The van der Waals surface area contributed by atoms with Gasteiger partial charge < -0.3 is 25.4 Å². The standard InChI is InChI=1S/C14H10N3O2.Ir/c15-9-2-3-11-10(6-9)14(17-16-11)8-1-4-12-13(5-8)19-7-18-12;/h1-6H,7,15H2;/q-1;. The van der Waals surface area contributed by atoms with E-state index in [4.69, 9.17) is 15.2 Å². The maximum Gasteiger partial charge on any atom is 0.231 e. The first-order valence-corrected chi connectivity index (χ1v) is 5.90. The predicted octanol–water partition coefficient (Wildman–Crippen LogP) is 2.17. The van der Waals surface area contributed by atoms with Crippen molar-refractivity contribution in [2.45, 2.75) is 0 Å². The van der Waals surface area contributed by atoms with E-state index in [-0.39, 0.29) is 26.9 Å². The van der Waals surface area contributed by atoms with E-state index in [2.05, 4.69) is 10.2 Å². The van der Waals surface area contributed by atoms with Crippen LogP contribution >= 0.6 is 0 Å². The zero-order valence-electron chi connectivity index (χ0n) is 10.3. The Morgan fingerprint density at radius 1 is 1.05 bits per heavy atom. The van der Waals surface area contributed by atoms with Crippen molar-refractivity contribution >= 4 is 16.6 Å². The Labute approximate surface area is 128 Å². The number of anilines is 1. The molecule has 0 aliphatic carbocycles. The molecule has 4 rings (SSSR count). The maximum absolute atomic E-state index is 5.82. The molecule has 103 valence electrons. The molecule has 3 aromatic rings. The predicted molar refractivity (Wildman–Crippen MR) is 71.0 cm³/mol. The number of nitrogens with zero attached hydrogens (tertiary/aromatic N) is 2. The van der Waals surface area contributed by atoms with E-state index in [1.54, 1.807) is 0 Å². The van der Waals surface area contributed by atoms with Gasteiger partial charge in [0, 0.05) is 31.4 Å². The number of fused-ring (bicyclic) bond motifs is 2. The van der Waals surface area contributed by atoms with Crippen LogP contribution in [0.25, 0.3) is 22.2 Å². The second kappa shape index (κ2) is 4.81. The molecule has 2 heterocycles. The largest absolute Gasteiger partial charge is 0.574 e. The Bertz CT molecular complexity index is 785. The summed E-state index contributed by atoms with van der Waals surface area (Å²) in [5, 5.41) is 9.33. The molecule has 1 aliphatic rings. The van der Waals surface area contributed by atoms with Gasteiger partial charge in [-0.15, -0.1) is 5.52 Å². The van der Waals surface area contributed by atoms with Crippen LogP contribution in [0.5, 0.6) is 11.5 Å². The zero-order valence-corrected chi connectivity index (χ0v) is 12.7. The summed E-state index contributed by atoms with van der Waals surface area (Å²) in [6.45, 7) is 0.263. The molecule has 1 aromatic heterocycles. The van der Waals surface area contributed by atoms with Gasteiger partial charge in [0.05, 0.1) is 5.69 Å². The van der Waals surface area contributed by atoms with Gasteiger partial charge in [0.15, 0.2) is 11.5 Å². The van der Waals surface area contributed by atoms with Gasteiger partial charge in [-0.1, -0.05) is 6.07 Å². The van der Waals surface area contributed by atoms with E-state index < -0.39 is 0 Å². The average molecular weight is 444 g/mol. The average Bonchev–Trinajstić information content (AvgIpc) is 3.03. The molecular weight excluding hydrogens is 434 g/mol. The summed E-state index contributed by atoms with van der Waals surface area (Å²) in [5.74, 6) is 1.49. The van der Waals surface area contributed by atoms with Crippen molar-refractivity contribution in [2.75, 3.05) is 12.5 Å². The van der Waals surface area contributed by atoms with Gasteiger partial charge in [0.2, 0.25) is 6.79 Å². The first kappa shape index (κ1) is 13.0. The molecular formula is C14H10IrN3O2-. The molecule has 0 saturated heterocycles. The van der Waals surface area contributed by atoms with Crippen molar-refractivity contribution in [2.24, 2.45) is 0 Å². The Balaban J connectivity index is 0.00000121. The van der Waals surface area contributed by atoms with Crippen molar-refractivity contribution in [3.63, 3.8) is 0 Å². The van der Waals surface area contributed by atoms with Gasteiger partial charge in [-0.3, -0.25) is 0 Å². The monoisotopic (exact) mass is 445 g/mol. The summed E-state index contributed by atoms with van der Waals surface area (Å²) in [6.07, 6.45) is 0. The molecule has 5 nitrogen and oxygen atoms in total. The van der Waals surface area contributed by atoms with Crippen LogP contribution in [-0.4, -0.2) is 11.9 Å². The van der Waals surface area contributed by atoms with Gasteiger partial charge in [-0.05, 0) is 35.7 Å². The number of hydrogen-bond donors (Lipinski definition) is 1. The van der Waals surface area contributed by atoms with Crippen LogP contribution in [0.1, 0.15) is 0 Å². The maximum atomic E-state index is 5.82. The van der Waals surface area contributed by atoms with Crippen LogP contribution in [0.15, 0.2) is 36.4 Å². The fourth-order valence-electron chi connectivity index (χ4n) is 2.25. The molecule has 1 radical (unpaired) electrons. The van der Waals surface area contributed by atoms with Crippen LogP contribution in [-0.2, 0) is 20.1 Å². The van der Waals surface area contributed by atoms with E-state index >= 15 is 0 Å². The summed E-state index contributed by atoms with van der Waals surface area (Å²) in [5.41, 5.74) is 9.10. The molecule has 0 unspecified atom stereocenters. The fourth-order valence-corrected chi connectivity index (χ4v) is 2.25. The van der Waals surface area contributed by atoms with Crippen molar-refractivity contribution in [1.82, 2.24) is 10.2 Å². The molecule has 0 saturated carbocycles. The number of rotatable bonds is 1. The number of aromatic nitrogens is 2. The Kier molecular flexibility index (Phi) is 3.12. The van der Waals surface area contributed by atoms with E-state index in [0.29, 0.717) is 5.69 Å². The minimum atomic E-state index is 0. The van der Waals surface area contributed by atoms with Gasteiger partial charge >= 0.3 is 0 Å². The number of hydrogen-bond acceptors (Lipinski definition) is 4. The quantitative estimate of drug-likeness (QED) is 0.583. The molecule has 0 atom stereocenters. The second-order valence-corrected chi connectivity index (χ2v) is 4.39. The van der Waals surface area contributed by atoms with Crippen LogP contribution in [0, 0.1) is 0 Å². The molecule has 0 amide bonds. The Morgan fingerprint density at radius 3 is 2.80 bits per heavy atom. The van der Waals surface area contributed by atoms with Gasteiger partial charge in [0.25, 0.3) is 0 Å². The topological polar surface area (TPSA) is 71.5 Å². The fraction of sp³-hybridized carbons (Fsp3) is 0.0714. The molecule has 0 fully saturated rings. The van der Waals surface area contributed by atoms with Crippen molar-refractivity contribution < 1.29 is 29.6 Å². The third kappa shape index (κ3) is 1.94. The summed E-state index contributed by atoms with van der Waals surface area (Å²) in [6, 6.07) is 11.3. The summed E-state index contributed by atoms with van der Waals surface area (Å²) >= 11 is 0. The SMILES string of the molecule is Nc1ccc2[n-]nc(-c3ccc4c(c3)OCO4)c2c1.[Ir]. The molecule has 2 N–H and O–H groups in total. The van der Waals surface area contributed by atoms with Crippen molar-refractivity contribution in [1.29, 1.82) is 0 Å². The molecule has 6 heteroatoms. The Hall–Kier alpha value is -2.04.